The maximum Gasteiger partial charge on any atom is 0.308 e. The number of ether oxygens (including phenoxy) is 1. The van der Waals surface area contributed by atoms with Crippen LogP contribution < -0.4 is 10.1 Å². The zero-order valence-electron chi connectivity index (χ0n) is 12.0. The molecule has 0 saturated heterocycles. The van der Waals surface area contributed by atoms with Crippen molar-refractivity contribution in [2.45, 2.75) is 27.2 Å². The second-order valence-corrected chi connectivity index (χ2v) is 4.11. The van der Waals surface area contributed by atoms with Gasteiger partial charge in [0.1, 0.15) is 5.75 Å². The lowest BCUT2D eigenvalue weighted by Gasteiger charge is -2.10. The molecule has 0 atom stereocenters. The average molecular weight is 273 g/mol. The summed E-state index contributed by atoms with van der Waals surface area (Å²) in [6, 6.07) is 6.65. The lowest BCUT2D eigenvalue weighted by Crippen LogP contribution is -2.23. The number of hydrogen-bond acceptors (Lipinski definition) is 3. The molecule has 0 spiro atoms. The van der Waals surface area contributed by atoms with Gasteiger partial charge in [0.2, 0.25) is 0 Å². The molecule has 0 radical (unpaired) electrons. The average Bonchev–Trinajstić information content (AvgIpc) is 2.39. The number of carbonyl (C=O) groups excluding carboxylic acids is 2. The molecular weight excluding hydrogens is 254 g/mol. The summed E-state index contributed by atoms with van der Waals surface area (Å²) in [4.78, 5) is 23.3. The van der Waals surface area contributed by atoms with Gasteiger partial charge in [-0.2, -0.15) is 0 Å². The van der Waals surface area contributed by atoms with Crippen LogP contribution in [0.4, 0.5) is 0 Å². The summed E-state index contributed by atoms with van der Waals surface area (Å²) in [7, 11) is 0. The molecule has 1 N–H and O–H groups in total. The molecule has 0 aliphatic rings. The van der Waals surface area contributed by atoms with E-state index in [1.165, 1.54) is 6.92 Å². The molecule has 0 aliphatic heterocycles. The predicted octanol–water partition coefficient (Wildman–Crippen LogP) is 3.21. The van der Waals surface area contributed by atoms with Gasteiger partial charge >= 0.3 is 5.97 Å². The van der Waals surface area contributed by atoms with Crippen molar-refractivity contribution in [3.05, 3.63) is 53.8 Å². The summed E-state index contributed by atoms with van der Waals surface area (Å²) < 4.78 is 5.03. The van der Waals surface area contributed by atoms with Gasteiger partial charge in [0.05, 0.1) is 5.56 Å². The minimum Gasteiger partial charge on any atom is -0.426 e. The van der Waals surface area contributed by atoms with Gasteiger partial charge in [-0.05, 0) is 31.6 Å². The van der Waals surface area contributed by atoms with E-state index in [0.717, 1.165) is 12.1 Å². The Morgan fingerprint density at radius 3 is 2.60 bits per heavy atom. The fraction of sp³-hybridized carbons (Fsp3) is 0.250. The Labute approximate surface area is 119 Å². The van der Waals surface area contributed by atoms with Crippen molar-refractivity contribution < 1.29 is 14.3 Å². The quantitative estimate of drug-likeness (QED) is 0.509. The van der Waals surface area contributed by atoms with Gasteiger partial charge in [-0.15, -0.1) is 0 Å². The van der Waals surface area contributed by atoms with Crippen molar-refractivity contribution in [3.8, 4) is 5.75 Å². The molecular formula is C16H19NO3. The first-order valence-electron chi connectivity index (χ1n) is 6.50. The molecule has 0 aromatic heterocycles. The largest absolute Gasteiger partial charge is 0.426 e. The molecule has 20 heavy (non-hydrogen) atoms. The molecule has 0 aliphatic carbocycles. The second kappa shape index (κ2) is 7.94. The summed E-state index contributed by atoms with van der Waals surface area (Å²) in [5.41, 5.74) is 1.05. The highest BCUT2D eigenvalue weighted by molar-refractivity contribution is 5.98. The molecule has 1 aromatic rings. The molecule has 1 rings (SSSR count). The maximum absolute atomic E-state index is 12.2. The number of nitrogens with one attached hydrogen (secondary N) is 1. The molecule has 4 nitrogen and oxygen atoms in total. The Kier molecular flexibility index (Phi) is 6.23. The number of rotatable bonds is 5. The van der Waals surface area contributed by atoms with Crippen molar-refractivity contribution in [2.75, 3.05) is 0 Å². The molecule has 1 amide bonds. The number of allylic oxidation sites excluding steroid dienone is 3. The Bertz CT molecular complexity index is 544. The Morgan fingerprint density at radius 2 is 2.00 bits per heavy atom. The number of carbonyl (C=O) groups is 2. The number of amides is 1. The van der Waals surface area contributed by atoms with Gasteiger partial charge < -0.3 is 10.1 Å². The van der Waals surface area contributed by atoms with Crippen LogP contribution in [0.5, 0.6) is 5.75 Å². The van der Waals surface area contributed by atoms with Crippen LogP contribution in [0.3, 0.4) is 0 Å². The van der Waals surface area contributed by atoms with Gasteiger partial charge in [-0.25, -0.2) is 0 Å². The lowest BCUT2D eigenvalue weighted by molar-refractivity contribution is -0.131. The van der Waals surface area contributed by atoms with E-state index in [-0.39, 0.29) is 11.7 Å². The van der Waals surface area contributed by atoms with Gasteiger partial charge in [0.15, 0.2) is 0 Å². The lowest BCUT2D eigenvalue weighted by atomic mass is 10.2. The first-order valence-corrected chi connectivity index (χ1v) is 6.50. The molecule has 0 fully saturated rings. The standard InChI is InChI=1S/C16H19NO3/c1-4-8-13(9-5-2)17-16(19)14-10-6-7-11-15(14)20-12(3)18/h4,6-11H,5H2,1-3H3,(H,17,19)/b8-4-,13-9+. The van der Waals surface area contributed by atoms with Gasteiger partial charge in [0, 0.05) is 12.6 Å². The van der Waals surface area contributed by atoms with E-state index in [1.807, 2.05) is 32.1 Å². The fourth-order valence-electron chi connectivity index (χ4n) is 1.66. The highest BCUT2D eigenvalue weighted by atomic mass is 16.5. The minimum atomic E-state index is -0.456. The molecule has 0 saturated carbocycles. The predicted molar refractivity (Wildman–Crippen MR) is 78.4 cm³/mol. The summed E-state index contributed by atoms with van der Waals surface area (Å²) in [5.74, 6) is -0.503. The molecule has 0 heterocycles. The third-order valence-corrected chi connectivity index (χ3v) is 2.41. The first-order chi connectivity index (χ1) is 9.58. The van der Waals surface area contributed by atoms with E-state index in [4.69, 9.17) is 4.74 Å². The number of hydrogen-bond donors (Lipinski definition) is 1. The van der Waals surface area contributed by atoms with Crippen molar-refractivity contribution in [3.63, 3.8) is 0 Å². The van der Waals surface area contributed by atoms with E-state index in [2.05, 4.69) is 5.32 Å². The smallest absolute Gasteiger partial charge is 0.308 e. The molecule has 4 heteroatoms. The number of esters is 1. The van der Waals surface area contributed by atoms with Gasteiger partial charge in [-0.1, -0.05) is 31.2 Å². The maximum atomic E-state index is 12.2. The van der Waals surface area contributed by atoms with E-state index >= 15 is 0 Å². The second-order valence-electron chi connectivity index (χ2n) is 4.11. The molecule has 1 aromatic carbocycles. The number of para-hydroxylation sites is 1. The summed E-state index contributed by atoms with van der Waals surface area (Å²) in [6.07, 6.45) is 6.38. The first kappa shape index (κ1) is 15.7. The van der Waals surface area contributed by atoms with Crippen LogP contribution in [-0.2, 0) is 4.79 Å². The van der Waals surface area contributed by atoms with Crippen LogP contribution in [0.25, 0.3) is 0 Å². The summed E-state index contributed by atoms with van der Waals surface area (Å²) in [6.45, 7) is 5.17. The van der Waals surface area contributed by atoms with Crippen molar-refractivity contribution >= 4 is 11.9 Å². The zero-order chi connectivity index (χ0) is 15.0. The third kappa shape index (κ3) is 4.72. The van der Waals surface area contributed by atoms with Crippen LogP contribution in [0.1, 0.15) is 37.6 Å². The number of benzene rings is 1. The van der Waals surface area contributed by atoms with E-state index in [9.17, 15) is 9.59 Å². The Hall–Kier alpha value is -2.36. The van der Waals surface area contributed by atoms with Crippen molar-refractivity contribution in [2.24, 2.45) is 0 Å². The van der Waals surface area contributed by atoms with Crippen LogP contribution in [0, 0.1) is 0 Å². The fourth-order valence-corrected chi connectivity index (χ4v) is 1.66. The van der Waals surface area contributed by atoms with E-state index in [0.29, 0.717) is 5.56 Å². The monoisotopic (exact) mass is 273 g/mol. The minimum absolute atomic E-state index is 0.258. The van der Waals surface area contributed by atoms with Crippen LogP contribution in [0.2, 0.25) is 0 Å². The molecule has 0 bridgehead atoms. The topological polar surface area (TPSA) is 55.4 Å². The van der Waals surface area contributed by atoms with E-state index < -0.39 is 5.97 Å². The van der Waals surface area contributed by atoms with Crippen molar-refractivity contribution in [1.82, 2.24) is 5.32 Å². The summed E-state index contributed by atoms with van der Waals surface area (Å²) >= 11 is 0. The van der Waals surface area contributed by atoms with Crippen molar-refractivity contribution in [1.29, 1.82) is 0 Å². The highest BCUT2D eigenvalue weighted by Crippen LogP contribution is 2.18. The van der Waals surface area contributed by atoms with Crippen LogP contribution in [-0.4, -0.2) is 11.9 Å². The SMILES string of the molecule is C/C=C\C(=C/CC)NC(=O)c1ccccc1OC(C)=O. The normalized spacial score (nSPS) is 11.4. The van der Waals surface area contributed by atoms with Crippen LogP contribution in [0.15, 0.2) is 48.2 Å². The molecule has 0 unspecified atom stereocenters. The Morgan fingerprint density at radius 1 is 1.30 bits per heavy atom. The zero-order valence-corrected chi connectivity index (χ0v) is 12.0. The van der Waals surface area contributed by atoms with Gasteiger partial charge in [-0.3, -0.25) is 9.59 Å². The highest BCUT2D eigenvalue weighted by Gasteiger charge is 2.13. The summed E-state index contributed by atoms with van der Waals surface area (Å²) in [5, 5.41) is 2.79. The molecule has 106 valence electrons. The van der Waals surface area contributed by atoms with Crippen LogP contribution >= 0.6 is 0 Å². The third-order valence-electron chi connectivity index (χ3n) is 2.41. The Balaban J connectivity index is 2.97. The van der Waals surface area contributed by atoms with Gasteiger partial charge in [0.25, 0.3) is 5.91 Å². The van der Waals surface area contributed by atoms with E-state index in [1.54, 1.807) is 24.3 Å².